The molecule has 2 nitrogen and oxygen atoms in total. The maximum absolute atomic E-state index is 6.21. The molecule has 0 amide bonds. The van der Waals surface area contributed by atoms with Crippen LogP contribution in [0.3, 0.4) is 0 Å². The average molecular weight is 226 g/mol. The highest BCUT2D eigenvalue weighted by atomic mass is 35.5. The summed E-state index contributed by atoms with van der Waals surface area (Å²) in [5, 5.41) is 0.723. The van der Waals surface area contributed by atoms with Gasteiger partial charge in [0.2, 0.25) is 0 Å². The van der Waals surface area contributed by atoms with E-state index in [1.807, 2.05) is 18.2 Å². The molecule has 1 unspecified atom stereocenters. The van der Waals surface area contributed by atoms with Crippen LogP contribution in [0.5, 0.6) is 5.75 Å². The molecule has 0 spiro atoms. The van der Waals surface area contributed by atoms with E-state index < -0.39 is 0 Å². The summed E-state index contributed by atoms with van der Waals surface area (Å²) in [6, 6.07) is 5.70. The Morgan fingerprint density at radius 2 is 2.20 bits per heavy atom. The van der Waals surface area contributed by atoms with E-state index in [1.165, 1.54) is 19.3 Å². The van der Waals surface area contributed by atoms with Crippen LogP contribution in [0.4, 0.5) is 0 Å². The van der Waals surface area contributed by atoms with Crippen molar-refractivity contribution in [2.45, 2.75) is 25.3 Å². The Morgan fingerprint density at radius 1 is 1.47 bits per heavy atom. The van der Waals surface area contributed by atoms with Gasteiger partial charge in [-0.1, -0.05) is 18.0 Å². The SMILES string of the molecule is COc1ccc(Cl)cc1C(N)C1CCC1. The van der Waals surface area contributed by atoms with Crippen LogP contribution >= 0.6 is 11.6 Å². The zero-order valence-electron chi connectivity index (χ0n) is 8.87. The van der Waals surface area contributed by atoms with E-state index in [4.69, 9.17) is 22.1 Å². The van der Waals surface area contributed by atoms with Gasteiger partial charge in [-0.2, -0.15) is 0 Å². The second-order valence-corrected chi connectivity index (χ2v) is 4.54. The monoisotopic (exact) mass is 225 g/mol. The van der Waals surface area contributed by atoms with Gasteiger partial charge >= 0.3 is 0 Å². The van der Waals surface area contributed by atoms with Crippen LogP contribution in [0.25, 0.3) is 0 Å². The van der Waals surface area contributed by atoms with Crippen molar-refractivity contribution in [2.75, 3.05) is 7.11 Å². The lowest BCUT2D eigenvalue weighted by molar-refractivity contribution is 0.259. The quantitative estimate of drug-likeness (QED) is 0.858. The molecule has 0 aliphatic heterocycles. The molecule has 0 saturated heterocycles. The van der Waals surface area contributed by atoms with Gasteiger partial charge in [0.05, 0.1) is 7.11 Å². The zero-order chi connectivity index (χ0) is 10.8. The van der Waals surface area contributed by atoms with Crippen LogP contribution in [0.2, 0.25) is 5.02 Å². The van der Waals surface area contributed by atoms with Gasteiger partial charge in [0.1, 0.15) is 5.75 Å². The van der Waals surface area contributed by atoms with E-state index in [0.717, 1.165) is 16.3 Å². The fourth-order valence-corrected chi connectivity index (χ4v) is 2.20. The molecule has 3 heteroatoms. The van der Waals surface area contributed by atoms with E-state index in [9.17, 15) is 0 Å². The molecular weight excluding hydrogens is 210 g/mol. The number of halogens is 1. The van der Waals surface area contributed by atoms with E-state index >= 15 is 0 Å². The molecule has 0 aromatic heterocycles. The van der Waals surface area contributed by atoms with Crippen molar-refractivity contribution in [3.8, 4) is 5.75 Å². The smallest absolute Gasteiger partial charge is 0.123 e. The van der Waals surface area contributed by atoms with Crippen molar-refractivity contribution in [3.05, 3.63) is 28.8 Å². The Bertz CT molecular complexity index is 349. The number of benzene rings is 1. The number of rotatable bonds is 3. The molecule has 82 valence electrons. The van der Waals surface area contributed by atoms with Crippen LogP contribution in [0.15, 0.2) is 18.2 Å². The minimum absolute atomic E-state index is 0.0624. The number of hydrogen-bond acceptors (Lipinski definition) is 2. The standard InChI is InChI=1S/C12H16ClNO/c1-15-11-6-5-9(13)7-10(11)12(14)8-3-2-4-8/h5-8,12H,2-4,14H2,1H3. The predicted molar refractivity (Wildman–Crippen MR) is 62.3 cm³/mol. The lowest BCUT2D eigenvalue weighted by Gasteiger charge is -2.32. The Balaban J connectivity index is 2.27. The second-order valence-electron chi connectivity index (χ2n) is 4.10. The first-order valence-corrected chi connectivity index (χ1v) is 5.69. The highest BCUT2D eigenvalue weighted by Gasteiger charge is 2.27. The number of hydrogen-bond donors (Lipinski definition) is 1. The Kier molecular flexibility index (Phi) is 3.17. The van der Waals surface area contributed by atoms with Gasteiger partial charge < -0.3 is 10.5 Å². The third-order valence-corrected chi connectivity index (χ3v) is 3.44. The number of nitrogens with two attached hydrogens (primary N) is 1. The first-order chi connectivity index (χ1) is 7.22. The normalized spacial score (nSPS) is 18.3. The zero-order valence-corrected chi connectivity index (χ0v) is 9.63. The van der Waals surface area contributed by atoms with Crippen LogP contribution in [0.1, 0.15) is 30.9 Å². The summed E-state index contributed by atoms with van der Waals surface area (Å²) in [7, 11) is 1.67. The molecule has 0 heterocycles. The summed E-state index contributed by atoms with van der Waals surface area (Å²) in [6.45, 7) is 0. The van der Waals surface area contributed by atoms with E-state index in [1.54, 1.807) is 7.11 Å². The molecule has 1 fully saturated rings. The van der Waals surface area contributed by atoms with E-state index in [2.05, 4.69) is 0 Å². The van der Waals surface area contributed by atoms with Crippen LogP contribution in [-0.4, -0.2) is 7.11 Å². The van der Waals surface area contributed by atoms with E-state index in [-0.39, 0.29) is 6.04 Å². The lowest BCUT2D eigenvalue weighted by atomic mass is 9.77. The van der Waals surface area contributed by atoms with Crippen LogP contribution in [0, 0.1) is 5.92 Å². The summed E-state index contributed by atoms with van der Waals surface area (Å²) in [5.41, 5.74) is 7.24. The summed E-state index contributed by atoms with van der Waals surface area (Å²) >= 11 is 5.97. The minimum atomic E-state index is 0.0624. The van der Waals surface area contributed by atoms with Gasteiger partial charge in [0.15, 0.2) is 0 Å². The fraction of sp³-hybridized carbons (Fsp3) is 0.500. The molecule has 1 saturated carbocycles. The molecule has 15 heavy (non-hydrogen) atoms. The van der Waals surface area contributed by atoms with Gasteiger partial charge in [-0.25, -0.2) is 0 Å². The van der Waals surface area contributed by atoms with Crippen molar-refractivity contribution < 1.29 is 4.74 Å². The first kappa shape index (κ1) is 10.8. The minimum Gasteiger partial charge on any atom is -0.496 e. The lowest BCUT2D eigenvalue weighted by Crippen LogP contribution is -2.27. The van der Waals surface area contributed by atoms with Gasteiger partial charge in [0, 0.05) is 16.6 Å². The molecule has 1 atom stereocenters. The molecule has 1 aliphatic carbocycles. The van der Waals surface area contributed by atoms with Gasteiger partial charge in [-0.05, 0) is 37.0 Å². The van der Waals surface area contributed by atoms with Crippen molar-refractivity contribution in [1.29, 1.82) is 0 Å². The summed E-state index contributed by atoms with van der Waals surface area (Å²) in [5.74, 6) is 1.44. The molecule has 1 aromatic rings. The number of ether oxygens (including phenoxy) is 1. The topological polar surface area (TPSA) is 35.2 Å². The van der Waals surface area contributed by atoms with Crippen molar-refractivity contribution in [1.82, 2.24) is 0 Å². The molecular formula is C12H16ClNO. The summed E-state index contributed by atoms with van der Waals surface area (Å²) in [6.07, 6.45) is 3.73. The van der Waals surface area contributed by atoms with E-state index in [0.29, 0.717) is 5.92 Å². The summed E-state index contributed by atoms with van der Waals surface area (Å²) < 4.78 is 5.30. The van der Waals surface area contributed by atoms with Crippen molar-refractivity contribution in [2.24, 2.45) is 11.7 Å². The Labute approximate surface area is 95.4 Å². The van der Waals surface area contributed by atoms with Gasteiger partial charge in [-0.15, -0.1) is 0 Å². The van der Waals surface area contributed by atoms with Gasteiger partial charge in [-0.3, -0.25) is 0 Å². The second kappa shape index (κ2) is 4.42. The van der Waals surface area contributed by atoms with Gasteiger partial charge in [0.25, 0.3) is 0 Å². The third kappa shape index (κ3) is 2.11. The highest BCUT2D eigenvalue weighted by Crippen LogP contribution is 2.39. The Hall–Kier alpha value is -0.730. The summed E-state index contributed by atoms with van der Waals surface area (Å²) in [4.78, 5) is 0. The van der Waals surface area contributed by atoms with Crippen LogP contribution in [-0.2, 0) is 0 Å². The Morgan fingerprint density at radius 3 is 2.73 bits per heavy atom. The molecule has 2 N–H and O–H groups in total. The average Bonchev–Trinajstić information content (AvgIpc) is 2.15. The fourth-order valence-electron chi connectivity index (χ4n) is 2.02. The van der Waals surface area contributed by atoms with Crippen LogP contribution < -0.4 is 10.5 Å². The first-order valence-electron chi connectivity index (χ1n) is 5.31. The highest BCUT2D eigenvalue weighted by molar-refractivity contribution is 6.30. The van der Waals surface area contributed by atoms with Crippen molar-refractivity contribution >= 4 is 11.6 Å². The van der Waals surface area contributed by atoms with Crippen molar-refractivity contribution in [3.63, 3.8) is 0 Å². The maximum atomic E-state index is 6.21. The predicted octanol–water partition coefficient (Wildman–Crippen LogP) is 3.15. The molecule has 1 aliphatic rings. The molecule has 0 radical (unpaired) electrons. The number of methoxy groups -OCH3 is 1. The molecule has 2 rings (SSSR count). The third-order valence-electron chi connectivity index (χ3n) is 3.21. The molecule has 0 bridgehead atoms. The largest absolute Gasteiger partial charge is 0.496 e. The molecule has 1 aromatic carbocycles. The maximum Gasteiger partial charge on any atom is 0.123 e.